The standard InChI is InChI=1S/C23H31F9NO6P/c24-21(25,26)16-8-15(9-17(11-16)22(27,28)29)2-1-7-38-19-4-3-14(10-18(19)23(30,31)32)5-6-20(33,12-34)13-39-40(35,36)37/h3,10-11,15-16,19,34H,1-2,4-9,12-13,33H2,(H2,35,36,37). The summed E-state index contributed by atoms with van der Waals surface area (Å²) in [5, 5.41) is 9.45. The Morgan fingerprint density at radius 2 is 1.70 bits per heavy atom. The summed E-state index contributed by atoms with van der Waals surface area (Å²) in [4.78, 5) is 17.6. The van der Waals surface area contributed by atoms with Gasteiger partial charge in [-0.2, -0.15) is 39.5 Å². The fourth-order valence-corrected chi connectivity index (χ4v) is 4.95. The molecule has 5 N–H and O–H groups in total. The Morgan fingerprint density at radius 1 is 1.05 bits per heavy atom. The quantitative estimate of drug-likeness (QED) is 0.0968. The Kier molecular flexibility index (Phi) is 11.5. The van der Waals surface area contributed by atoms with Gasteiger partial charge in [-0.15, -0.1) is 0 Å². The van der Waals surface area contributed by atoms with E-state index in [9.17, 15) is 49.2 Å². The molecular weight excluding hydrogens is 588 g/mol. The maximum absolute atomic E-state index is 13.7. The number of rotatable bonds is 12. The van der Waals surface area contributed by atoms with Crippen molar-refractivity contribution >= 4 is 7.82 Å². The molecule has 0 saturated heterocycles. The number of allylic oxidation sites excluding steroid dienone is 4. The molecule has 7 nitrogen and oxygen atoms in total. The topological polar surface area (TPSA) is 122 Å². The molecule has 0 spiro atoms. The van der Waals surface area contributed by atoms with Gasteiger partial charge in [-0.25, -0.2) is 4.57 Å². The molecule has 17 heteroatoms. The second-order valence-corrected chi connectivity index (χ2v) is 11.3. The normalized spacial score (nSPS) is 24.7. The highest BCUT2D eigenvalue weighted by Crippen LogP contribution is 2.45. The molecule has 0 aromatic heterocycles. The highest BCUT2D eigenvalue weighted by molar-refractivity contribution is 7.46. The number of aliphatic hydroxyl groups is 1. The lowest BCUT2D eigenvalue weighted by atomic mass is 9.79. The molecule has 0 heterocycles. The first-order valence-electron chi connectivity index (χ1n) is 12.2. The lowest BCUT2D eigenvalue weighted by Crippen LogP contribution is -2.48. The van der Waals surface area contributed by atoms with Gasteiger partial charge in [0.2, 0.25) is 0 Å². The van der Waals surface area contributed by atoms with Gasteiger partial charge in [0.15, 0.2) is 0 Å². The summed E-state index contributed by atoms with van der Waals surface area (Å²) < 4.78 is 140. The number of aliphatic hydroxyl groups excluding tert-OH is 1. The van der Waals surface area contributed by atoms with Gasteiger partial charge in [-0.05, 0) is 56.9 Å². The summed E-state index contributed by atoms with van der Waals surface area (Å²) in [5.41, 5.74) is 2.03. The lowest BCUT2D eigenvalue weighted by molar-refractivity contribution is -0.169. The molecule has 2 rings (SSSR count). The van der Waals surface area contributed by atoms with Crippen LogP contribution in [-0.2, 0) is 13.8 Å². The highest BCUT2D eigenvalue weighted by atomic mass is 31.2. The molecule has 232 valence electrons. The Hall–Kier alpha value is -1.42. The van der Waals surface area contributed by atoms with E-state index in [1.54, 1.807) is 0 Å². The first-order chi connectivity index (χ1) is 18.1. The van der Waals surface area contributed by atoms with Crippen LogP contribution in [0.4, 0.5) is 39.5 Å². The van der Waals surface area contributed by atoms with E-state index < -0.39 is 87.0 Å². The molecule has 0 bridgehead atoms. The van der Waals surface area contributed by atoms with Crippen molar-refractivity contribution in [3.8, 4) is 0 Å². The van der Waals surface area contributed by atoms with Crippen LogP contribution >= 0.6 is 7.82 Å². The Balaban J connectivity index is 1.96. The van der Waals surface area contributed by atoms with Gasteiger partial charge >= 0.3 is 26.4 Å². The largest absolute Gasteiger partial charge is 0.469 e. The third-order valence-corrected chi connectivity index (χ3v) is 7.18. The molecule has 0 fully saturated rings. The second-order valence-electron chi connectivity index (χ2n) is 10.0. The zero-order valence-electron chi connectivity index (χ0n) is 21.0. The summed E-state index contributed by atoms with van der Waals surface area (Å²) in [6.45, 7) is -1.85. The second kappa shape index (κ2) is 13.3. The number of phosphoric acid groups is 1. The van der Waals surface area contributed by atoms with Crippen molar-refractivity contribution in [3.05, 3.63) is 34.9 Å². The third-order valence-electron chi connectivity index (χ3n) is 6.71. The fourth-order valence-electron chi connectivity index (χ4n) is 4.52. The van der Waals surface area contributed by atoms with E-state index in [0.29, 0.717) is 0 Å². The molecular formula is C23H31F9NO6P. The number of nitrogens with two attached hydrogens (primary N) is 1. The average molecular weight is 619 g/mol. The van der Waals surface area contributed by atoms with Crippen LogP contribution in [0, 0.1) is 11.8 Å². The van der Waals surface area contributed by atoms with Gasteiger partial charge in [0.1, 0.15) is 0 Å². The van der Waals surface area contributed by atoms with Gasteiger partial charge in [-0.1, -0.05) is 17.7 Å². The fraction of sp³-hybridized carbons (Fsp3) is 0.739. The van der Waals surface area contributed by atoms with Crippen molar-refractivity contribution in [1.82, 2.24) is 0 Å². The van der Waals surface area contributed by atoms with Gasteiger partial charge in [0.25, 0.3) is 0 Å². The molecule has 0 radical (unpaired) electrons. The monoisotopic (exact) mass is 619 g/mol. The lowest BCUT2D eigenvalue weighted by Gasteiger charge is -2.31. The first-order valence-corrected chi connectivity index (χ1v) is 13.7. The number of alkyl halides is 9. The third kappa shape index (κ3) is 11.1. The molecule has 2 aliphatic rings. The minimum atomic E-state index is -4.91. The van der Waals surface area contributed by atoms with Crippen LogP contribution in [0.25, 0.3) is 0 Å². The van der Waals surface area contributed by atoms with Crippen LogP contribution in [0.3, 0.4) is 0 Å². The zero-order valence-corrected chi connectivity index (χ0v) is 21.9. The molecule has 0 aromatic carbocycles. The Bertz CT molecular complexity index is 1000. The SMILES string of the molecule is NC(CO)(CCC1=CCC(OCCCC2CC(C(F)(F)F)=CC(C(F)(F)F)C2)C(C(F)(F)F)=C1)COP(=O)(O)O. The van der Waals surface area contributed by atoms with Crippen molar-refractivity contribution in [2.75, 3.05) is 19.8 Å². The molecule has 4 unspecified atom stereocenters. The molecule has 0 aliphatic heterocycles. The van der Waals surface area contributed by atoms with Gasteiger partial charge in [0.05, 0.1) is 36.3 Å². The summed E-state index contributed by atoms with van der Waals surface area (Å²) in [6.07, 6.45) is -15.5. The van der Waals surface area contributed by atoms with Gasteiger partial charge in [0, 0.05) is 12.2 Å². The number of ether oxygens (including phenoxy) is 1. The minimum Gasteiger partial charge on any atom is -0.394 e. The van der Waals surface area contributed by atoms with Crippen molar-refractivity contribution < 1.29 is 68.2 Å². The van der Waals surface area contributed by atoms with Crippen molar-refractivity contribution in [2.45, 2.75) is 75.1 Å². The van der Waals surface area contributed by atoms with Crippen molar-refractivity contribution in [3.63, 3.8) is 0 Å². The Labute approximate surface area is 224 Å². The Morgan fingerprint density at radius 3 is 2.23 bits per heavy atom. The average Bonchev–Trinajstić information content (AvgIpc) is 2.82. The molecule has 0 saturated carbocycles. The van der Waals surface area contributed by atoms with E-state index in [2.05, 4.69) is 4.52 Å². The zero-order chi connectivity index (χ0) is 30.6. The van der Waals surface area contributed by atoms with E-state index in [4.69, 9.17) is 20.3 Å². The van der Waals surface area contributed by atoms with E-state index in [-0.39, 0.29) is 50.4 Å². The summed E-state index contributed by atoms with van der Waals surface area (Å²) in [5.74, 6) is -3.23. The van der Waals surface area contributed by atoms with Crippen LogP contribution in [0.1, 0.15) is 44.9 Å². The smallest absolute Gasteiger partial charge is 0.394 e. The van der Waals surface area contributed by atoms with Crippen molar-refractivity contribution in [2.24, 2.45) is 17.6 Å². The molecule has 0 aromatic rings. The molecule has 0 amide bonds. The molecule has 4 atom stereocenters. The van der Waals surface area contributed by atoms with E-state index >= 15 is 0 Å². The summed E-state index contributed by atoms with van der Waals surface area (Å²) in [6, 6.07) is 0. The van der Waals surface area contributed by atoms with Crippen molar-refractivity contribution in [1.29, 1.82) is 0 Å². The number of halogens is 9. The number of phosphoric ester groups is 1. The van der Waals surface area contributed by atoms with Gasteiger partial charge in [-0.3, -0.25) is 4.52 Å². The van der Waals surface area contributed by atoms with Crippen LogP contribution in [0.2, 0.25) is 0 Å². The summed E-state index contributed by atoms with van der Waals surface area (Å²) in [7, 11) is -4.90. The van der Waals surface area contributed by atoms with E-state index in [1.807, 2.05) is 0 Å². The maximum atomic E-state index is 13.7. The number of hydrogen-bond donors (Lipinski definition) is 4. The predicted molar refractivity (Wildman–Crippen MR) is 123 cm³/mol. The molecule has 40 heavy (non-hydrogen) atoms. The number of hydrogen-bond acceptors (Lipinski definition) is 5. The minimum absolute atomic E-state index is 0.0512. The highest BCUT2D eigenvalue weighted by Gasteiger charge is 2.46. The van der Waals surface area contributed by atoms with Crippen LogP contribution in [-0.4, -0.2) is 64.9 Å². The van der Waals surface area contributed by atoms with E-state index in [0.717, 1.165) is 6.08 Å². The van der Waals surface area contributed by atoms with Gasteiger partial charge < -0.3 is 25.4 Å². The van der Waals surface area contributed by atoms with E-state index in [1.165, 1.54) is 6.08 Å². The maximum Gasteiger partial charge on any atom is 0.469 e. The predicted octanol–water partition coefficient (Wildman–Crippen LogP) is 5.63. The first kappa shape index (κ1) is 34.8. The molecule has 2 aliphatic carbocycles. The summed E-state index contributed by atoms with van der Waals surface area (Å²) >= 11 is 0. The van der Waals surface area contributed by atoms with Crippen LogP contribution in [0.15, 0.2) is 34.9 Å². The van der Waals surface area contributed by atoms with Crippen LogP contribution < -0.4 is 5.73 Å². The van der Waals surface area contributed by atoms with Crippen LogP contribution in [0.5, 0.6) is 0 Å².